The number of hydrogen-bond acceptors (Lipinski definition) is 1. The molecule has 0 aromatic carbocycles. The van der Waals surface area contributed by atoms with Crippen molar-refractivity contribution in [2.75, 3.05) is 39.3 Å². The summed E-state index contributed by atoms with van der Waals surface area (Å²) in [5, 5.41) is 20.1. The number of nitrogens with zero attached hydrogens (tertiary/aromatic N) is 5. The second-order valence-corrected chi connectivity index (χ2v) is 6.70. The van der Waals surface area contributed by atoms with Crippen molar-refractivity contribution in [1.29, 1.82) is 0 Å². The SMILES string of the molecule is C1CC[N-]C1.C1CC[N-]C1.C1CC[N-]C1.Cc1cc(C(C)C)n[n-]1.[Ti+4]. The first kappa shape index (κ1) is 24.8. The summed E-state index contributed by atoms with van der Waals surface area (Å²) in [5.74, 6) is 0.506. The van der Waals surface area contributed by atoms with Gasteiger partial charge in [0.1, 0.15) is 0 Å². The fourth-order valence-corrected chi connectivity index (χ4v) is 2.37. The van der Waals surface area contributed by atoms with Crippen LogP contribution >= 0.6 is 0 Å². The van der Waals surface area contributed by atoms with Gasteiger partial charge in [-0.1, -0.05) is 65.4 Å². The third-order valence-corrected chi connectivity index (χ3v) is 3.92. The predicted molar refractivity (Wildman–Crippen MR) is 103 cm³/mol. The zero-order valence-electron chi connectivity index (χ0n) is 16.4. The van der Waals surface area contributed by atoms with Gasteiger partial charge in [0.15, 0.2) is 0 Å². The molecule has 0 unspecified atom stereocenters. The number of aryl methyl sites for hydroxylation is 1. The standard InChI is InChI=1S/C7H11N2.3C4H8N.Ti/c1-5(2)7-4-6(3)8-9-7;3*1-2-4-5-3-1;/h4-5H,1-3H3;3*1-4H2;/q4*-1;+4. The Kier molecular flexibility index (Phi) is 17.1. The van der Waals surface area contributed by atoms with Crippen LogP contribution in [0.25, 0.3) is 16.0 Å². The molecule has 0 aliphatic carbocycles. The molecule has 3 saturated heterocycles. The first-order valence-electron chi connectivity index (χ1n) is 9.57. The first-order chi connectivity index (χ1) is 11.7. The normalized spacial score (nSPS) is 18.2. The summed E-state index contributed by atoms with van der Waals surface area (Å²) < 4.78 is 0. The second kappa shape index (κ2) is 17.2. The van der Waals surface area contributed by atoms with Gasteiger partial charge >= 0.3 is 21.7 Å². The minimum atomic E-state index is 0. The predicted octanol–water partition coefficient (Wildman–Crippen LogP) is 4.93. The first-order valence-corrected chi connectivity index (χ1v) is 9.57. The van der Waals surface area contributed by atoms with Crippen LogP contribution in [0.1, 0.15) is 69.7 Å². The van der Waals surface area contributed by atoms with Crippen LogP contribution in [0.3, 0.4) is 0 Å². The average molecular weight is 381 g/mol. The summed E-state index contributed by atoms with van der Waals surface area (Å²) in [5.41, 5.74) is 2.10. The van der Waals surface area contributed by atoms with Gasteiger partial charge in [0, 0.05) is 5.69 Å². The fourth-order valence-electron chi connectivity index (χ4n) is 2.37. The van der Waals surface area contributed by atoms with Gasteiger partial charge in [-0.25, -0.2) is 0 Å². The third-order valence-electron chi connectivity index (χ3n) is 3.92. The van der Waals surface area contributed by atoms with Crippen LogP contribution in [0, 0.1) is 6.92 Å². The average Bonchev–Trinajstić information content (AvgIpc) is 3.40. The molecule has 3 aliphatic rings. The van der Waals surface area contributed by atoms with Crippen LogP contribution in [0.5, 0.6) is 0 Å². The summed E-state index contributed by atoms with van der Waals surface area (Å²) in [6.45, 7) is 12.9. The molecule has 25 heavy (non-hydrogen) atoms. The maximum atomic E-state index is 4.08. The Bertz CT molecular complexity index is 336. The summed E-state index contributed by atoms with van der Waals surface area (Å²) in [6.07, 6.45) is 8.00. The van der Waals surface area contributed by atoms with Crippen molar-refractivity contribution >= 4 is 0 Å². The molecule has 5 nitrogen and oxygen atoms in total. The maximum Gasteiger partial charge on any atom is 4.00 e. The van der Waals surface area contributed by atoms with Gasteiger partial charge in [0.25, 0.3) is 0 Å². The van der Waals surface area contributed by atoms with Crippen molar-refractivity contribution in [1.82, 2.24) is 10.2 Å². The molecule has 4 heterocycles. The van der Waals surface area contributed by atoms with E-state index in [4.69, 9.17) is 0 Å². The number of rotatable bonds is 1. The van der Waals surface area contributed by atoms with E-state index in [2.05, 4.69) is 40.0 Å². The Labute approximate surface area is 169 Å². The molecule has 1 aromatic heterocycles. The Morgan fingerprint density at radius 1 is 0.760 bits per heavy atom. The maximum absolute atomic E-state index is 4.08. The topological polar surface area (TPSA) is 69.3 Å². The molecular weight excluding hydrogens is 346 g/mol. The molecule has 0 radical (unpaired) electrons. The number of hydrogen-bond donors (Lipinski definition) is 0. The van der Waals surface area contributed by atoms with Gasteiger partial charge in [-0.2, -0.15) is 0 Å². The smallest absolute Gasteiger partial charge is 0.662 e. The van der Waals surface area contributed by atoms with Gasteiger partial charge in [-0.15, -0.1) is 45.0 Å². The van der Waals surface area contributed by atoms with Crippen LogP contribution in [-0.2, 0) is 21.7 Å². The van der Waals surface area contributed by atoms with E-state index in [1.165, 1.54) is 38.5 Å². The van der Waals surface area contributed by atoms with E-state index < -0.39 is 0 Å². The minimum absolute atomic E-state index is 0. The van der Waals surface area contributed by atoms with Gasteiger partial charge in [-0.3, -0.25) is 0 Å². The van der Waals surface area contributed by atoms with Crippen LogP contribution in [0.4, 0.5) is 0 Å². The molecule has 0 bridgehead atoms. The second-order valence-electron chi connectivity index (χ2n) is 6.70. The van der Waals surface area contributed by atoms with Crippen molar-refractivity contribution in [2.24, 2.45) is 0 Å². The van der Waals surface area contributed by atoms with E-state index in [1.807, 2.05) is 13.0 Å². The molecule has 0 spiro atoms. The molecule has 0 amide bonds. The van der Waals surface area contributed by atoms with E-state index >= 15 is 0 Å². The van der Waals surface area contributed by atoms with Crippen molar-refractivity contribution < 1.29 is 21.7 Å². The van der Waals surface area contributed by atoms with Gasteiger partial charge in [0.2, 0.25) is 0 Å². The summed E-state index contributed by atoms with van der Waals surface area (Å²) in [6, 6.07) is 2.02. The molecule has 140 valence electrons. The Morgan fingerprint density at radius 3 is 1.24 bits per heavy atom. The fraction of sp³-hybridized carbons (Fsp3) is 0.842. The van der Waals surface area contributed by atoms with Gasteiger partial charge in [0.05, 0.1) is 0 Å². The summed E-state index contributed by atoms with van der Waals surface area (Å²) >= 11 is 0. The van der Waals surface area contributed by atoms with E-state index in [1.54, 1.807) is 0 Å². The van der Waals surface area contributed by atoms with Gasteiger partial charge < -0.3 is 26.1 Å². The van der Waals surface area contributed by atoms with Crippen LogP contribution in [0.2, 0.25) is 0 Å². The molecule has 0 N–H and O–H groups in total. The molecule has 0 atom stereocenters. The Morgan fingerprint density at radius 2 is 1.12 bits per heavy atom. The molecule has 6 heteroatoms. The molecule has 4 rings (SSSR count). The number of aromatic nitrogens is 2. The third kappa shape index (κ3) is 14.6. The van der Waals surface area contributed by atoms with Crippen molar-refractivity contribution in [3.05, 3.63) is 33.4 Å². The zero-order valence-corrected chi connectivity index (χ0v) is 17.9. The Balaban J connectivity index is 0.000000315. The summed E-state index contributed by atoms with van der Waals surface area (Å²) in [7, 11) is 0. The van der Waals surface area contributed by atoms with Crippen molar-refractivity contribution in [3.63, 3.8) is 0 Å². The van der Waals surface area contributed by atoms with Crippen molar-refractivity contribution in [3.8, 4) is 0 Å². The van der Waals surface area contributed by atoms with E-state index in [-0.39, 0.29) is 21.7 Å². The quantitative estimate of drug-likeness (QED) is 0.647. The monoisotopic (exact) mass is 381 g/mol. The van der Waals surface area contributed by atoms with Crippen LogP contribution in [0.15, 0.2) is 6.07 Å². The van der Waals surface area contributed by atoms with Crippen molar-refractivity contribution in [2.45, 2.75) is 65.2 Å². The zero-order chi connectivity index (χ0) is 17.5. The van der Waals surface area contributed by atoms with E-state index in [0.717, 1.165) is 50.7 Å². The van der Waals surface area contributed by atoms with E-state index in [0.29, 0.717) is 5.92 Å². The minimum Gasteiger partial charge on any atom is -0.662 e. The molecule has 3 fully saturated rings. The molecule has 0 saturated carbocycles. The molecule has 1 aromatic rings. The van der Waals surface area contributed by atoms with Gasteiger partial charge in [-0.05, 0) is 5.92 Å². The largest absolute Gasteiger partial charge is 4.00 e. The van der Waals surface area contributed by atoms with E-state index in [9.17, 15) is 0 Å². The van der Waals surface area contributed by atoms with Crippen LogP contribution in [-0.4, -0.2) is 44.4 Å². The molecular formula is C19H35N5Ti. The molecule has 3 aliphatic heterocycles. The summed E-state index contributed by atoms with van der Waals surface area (Å²) in [4.78, 5) is 0. The van der Waals surface area contributed by atoms with Crippen LogP contribution < -0.4 is 5.10 Å². The Hall–Kier alpha value is -0.196.